The zero-order chi connectivity index (χ0) is 20.1. The van der Waals surface area contributed by atoms with Gasteiger partial charge in [-0.25, -0.2) is 19.3 Å². The van der Waals surface area contributed by atoms with Gasteiger partial charge < -0.3 is 20.3 Å². The van der Waals surface area contributed by atoms with E-state index in [9.17, 15) is 27.8 Å². The molecule has 1 unspecified atom stereocenters. The lowest BCUT2D eigenvalue weighted by molar-refractivity contribution is -0.144. The quantitative estimate of drug-likeness (QED) is 0.666. The van der Waals surface area contributed by atoms with Crippen molar-refractivity contribution in [1.82, 2.24) is 19.5 Å². The van der Waals surface area contributed by atoms with Gasteiger partial charge in [-0.15, -0.1) is 0 Å². The highest BCUT2D eigenvalue weighted by atomic mass is 19.4. The largest absolute Gasteiger partial charge is 0.451 e. The highest BCUT2D eigenvalue weighted by Crippen LogP contribution is 2.36. The lowest BCUT2D eigenvalue weighted by Gasteiger charge is -2.17. The molecule has 3 N–H and O–H groups in total. The number of aromatic nitrogens is 4. The first-order chi connectivity index (χ1) is 13.3. The fourth-order valence-corrected chi connectivity index (χ4v) is 3.67. The number of nitrogens with zero attached hydrogens (tertiary/aromatic N) is 4. The Kier molecular flexibility index (Phi) is 4.88. The van der Waals surface area contributed by atoms with Crippen molar-refractivity contribution >= 4 is 17.0 Å². The summed E-state index contributed by atoms with van der Waals surface area (Å²) in [5.74, 6) is -1.45. The monoisotopic (exact) mass is 405 g/mol. The maximum Gasteiger partial charge on any atom is 0.451 e. The minimum atomic E-state index is -4.81. The van der Waals surface area contributed by atoms with Gasteiger partial charge in [0.1, 0.15) is 12.2 Å². The van der Waals surface area contributed by atoms with Crippen molar-refractivity contribution in [2.24, 2.45) is 0 Å². The summed E-state index contributed by atoms with van der Waals surface area (Å²) >= 11 is 0. The molecule has 0 aromatic carbocycles. The van der Waals surface area contributed by atoms with Crippen molar-refractivity contribution in [1.29, 1.82) is 0 Å². The van der Waals surface area contributed by atoms with Crippen molar-refractivity contribution in [2.75, 3.05) is 11.9 Å². The Morgan fingerprint density at radius 2 is 1.96 bits per heavy atom. The minimum Gasteiger partial charge on any atom is -0.394 e. The van der Waals surface area contributed by atoms with Crippen molar-refractivity contribution < 1.29 is 32.5 Å². The lowest BCUT2D eigenvalue weighted by atomic mass is 10.1. The number of fused-ring (bicyclic) bond motifs is 1. The van der Waals surface area contributed by atoms with Gasteiger partial charge in [0, 0.05) is 6.04 Å². The fraction of sp³-hybridized carbons (Fsp3) is 0.688. The Morgan fingerprint density at radius 1 is 1.25 bits per heavy atom. The topological polar surface area (TPSA) is 105 Å². The number of ether oxygens (including phenoxy) is 1. The number of imidazole rings is 1. The van der Waals surface area contributed by atoms with Gasteiger partial charge >= 0.3 is 6.18 Å². The third-order valence-electron chi connectivity index (χ3n) is 5.12. The summed E-state index contributed by atoms with van der Waals surface area (Å²) in [5.41, 5.74) is -0.209. The van der Waals surface area contributed by atoms with Crippen molar-refractivity contribution in [3.8, 4) is 0 Å². The minimum absolute atomic E-state index is 0.0263. The molecule has 12 heteroatoms. The van der Waals surface area contributed by atoms with E-state index in [-0.39, 0.29) is 23.0 Å². The standard InChI is InChI=1S/C16H19F4N5O3/c17-9-11(27)8(5-26)28-14(9)25-6-21-10-12(22-7-3-1-2-4-7)23-15(16(18,19)20)24-13(10)25/h6-9,11,14,26-27H,1-5H2,(H,22,23,24)/t8?,9-,11+,14+/m0/s1. The number of alkyl halides is 4. The van der Waals surface area contributed by atoms with E-state index in [1.165, 1.54) is 0 Å². The van der Waals surface area contributed by atoms with E-state index >= 15 is 0 Å². The molecule has 28 heavy (non-hydrogen) atoms. The molecule has 8 nitrogen and oxygen atoms in total. The van der Waals surface area contributed by atoms with Crippen LogP contribution in [-0.2, 0) is 10.9 Å². The predicted molar refractivity (Wildman–Crippen MR) is 88.1 cm³/mol. The molecule has 2 aromatic heterocycles. The van der Waals surface area contributed by atoms with E-state index in [4.69, 9.17) is 4.74 Å². The third kappa shape index (κ3) is 3.29. The highest BCUT2D eigenvalue weighted by Gasteiger charge is 2.46. The summed E-state index contributed by atoms with van der Waals surface area (Å²) in [6, 6.07) is -0.0263. The predicted octanol–water partition coefficient (Wildman–Crippen LogP) is 1.79. The Bertz CT molecular complexity index is 855. The van der Waals surface area contributed by atoms with Crippen LogP contribution < -0.4 is 5.32 Å². The maximum atomic E-state index is 14.5. The van der Waals surface area contributed by atoms with E-state index < -0.39 is 43.2 Å². The Hall–Kier alpha value is -2.05. The average Bonchev–Trinajstić information content (AvgIpc) is 3.35. The molecule has 154 valence electrons. The van der Waals surface area contributed by atoms with E-state index in [2.05, 4.69) is 20.3 Å². The summed E-state index contributed by atoms with van der Waals surface area (Å²) < 4.78 is 60.7. The number of anilines is 1. The van der Waals surface area contributed by atoms with Gasteiger partial charge in [-0.05, 0) is 12.8 Å². The molecule has 3 heterocycles. The maximum absolute atomic E-state index is 14.5. The van der Waals surface area contributed by atoms with Crippen LogP contribution in [0.2, 0.25) is 0 Å². The molecule has 4 atom stereocenters. The van der Waals surface area contributed by atoms with Crippen LogP contribution in [0.15, 0.2) is 6.33 Å². The number of aliphatic hydroxyl groups excluding tert-OH is 2. The molecule has 4 rings (SSSR count). The molecule has 1 aliphatic carbocycles. The zero-order valence-electron chi connectivity index (χ0n) is 14.6. The smallest absolute Gasteiger partial charge is 0.394 e. The molecule has 1 aliphatic heterocycles. The highest BCUT2D eigenvalue weighted by molar-refractivity contribution is 5.83. The summed E-state index contributed by atoms with van der Waals surface area (Å²) in [6.45, 7) is -0.637. The molecular weight excluding hydrogens is 386 g/mol. The molecule has 2 aromatic rings. The van der Waals surface area contributed by atoms with E-state index in [1.807, 2.05) is 0 Å². The van der Waals surface area contributed by atoms with Crippen molar-refractivity contribution in [2.45, 2.75) is 62.5 Å². The van der Waals surface area contributed by atoms with E-state index in [0.717, 1.165) is 36.6 Å². The van der Waals surface area contributed by atoms with Crippen LogP contribution in [-0.4, -0.2) is 60.8 Å². The first-order valence-electron chi connectivity index (χ1n) is 8.96. The molecule has 1 saturated carbocycles. The fourth-order valence-electron chi connectivity index (χ4n) is 3.67. The summed E-state index contributed by atoms with van der Waals surface area (Å²) in [4.78, 5) is 11.2. The van der Waals surface area contributed by atoms with Crippen LogP contribution in [0.3, 0.4) is 0 Å². The molecule has 1 saturated heterocycles. The molecular formula is C16H19F4N5O3. The van der Waals surface area contributed by atoms with Gasteiger partial charge in [-0.2, -0.15) is 13.2 Å². The molecule has 0 radical (unpaired) electrons. The molecule has 0 amide bonds. The van der Waals surface area contributed by atoms with Gasteiger partial charge in [0.05, 0.1) is 12.9 Å². The second kappa shape index (κ2) is 7.08. The van der Waals surface area contributed by atoms with Crippen molar-refractivity contribution in [3.05, 3.63) is 12.2 Å². The van der Waals surface area contributed by atoms with Crippen LogP contribution in [0.1, 0.15) is 37.7 Å². The van der Waals surface area contributed by atoms with Crippen molar-refractivity contribution in [3.63, 3.8) is 0 Å². The number of hydrogen-bond acceptors (Lipinski definition) is 7. The Labute approximate surface area is 156 Å². The van der Waals surface area contributed by atoms with E-state index in [1.54, 1.807) is 0 Å². The van der Waals surface area contributed by atoms with E-state index in [0.29, 0.717) is 0 Å². The van der Waals surface area contributed by atoms with Gasteiger partial charge in [0.2, 0.25) is 5.82 Å². The lowest BCUT2D eigenvalue weighted by Crippen LogP contribution is -2.30. The molecule has 0 bridgehead atoms. The SMILES string of the molecule is OCC1O[C@@H](n2cnc3c(NC4CCCC4)nc(C(F)(F)F)nc32)[C@@H](F)[C@@H]1O. The summed E-state index contributed by atoms with van der Waals surface area (Å²) in [7, 11) is 0. The Morgan fingerprint density at radius 3 is 2.57 bits per heavy atom. The average molecular weight is 405 g/mol. The molecule has 2 aliphatic rings. The molecule has 2 fully saturated rings. The van der Waals surface area contributed by atoms with Crippen LogP contribution in [0, 0.1) is 0 Å². The summed E-state index contributed by atoms with van der Waals surface area (Å²) in [5, 5.41) is 22.0. The summed E-state index contributed by atoms with van der Waals surface area (Å²) in [6.07, 6.45) is -6.43. The number of rotatable bonds is 4. The first kappa shape index (κ1) is 19.3. The van der Waals surface area contributed by atoms with Crippen LogP contribution in [0.5, 0.6) is 0 Å². The van der Waals surface area contributed by atoms with Gasteiger partial charge in [0.15, 0.2) is 29.4 Å². The number of halogens is 4. The van der Waals surface area contributed by atoms with Crippen LogP contribution in [0.4, 0.5) is 23.4 Å². The molecule has 0 spiro atoms. The zero-order valence-corrected chi connectivity index (χ0v) is 14.6. The Balaban J connectivity index is 1.78. The first-order valence-corrected chi connectivity index (χ1v) is 8.96. The van der Waals surface area contributed by atoms with Gasteiger partial charge in [0.25, 0.3) is 0 Å². The second-order valence-corrected chi connectivity index (χ2v) is 7.03. The normalized spacial score (nSPS) is 29.1. The van der Waals surface area contributed by atoms with Gasteiger partial charge in [-0.3, -0.25) is 4.57 Å². The second-order valence-electron chi connectivity index (χ2n) is 7.03. The van der Waals surface area contributed by atoms with Crippen LogP contribution in [0.25, 0.3) is 11.2 Å². The number of aliphatic hydroxyl groups is 2. The number of hydrogen-bond donors (Lipinski definition) is 3. The van der Waals surface area contributed by atoms with Gasteiger partial charge in [-0.1, -0.05) is 12.8 Å². The van der Waals surface area contributed by atoms with Crippen LogP contribution >= 0.6 is 0 Å². The third-order valence-corrected chi connectivity index (χ3v) is 5.12. The number of nitrogens with one attached hydrogen (secondary N) is 1.